The summed E-state index contributed by atoms with van der Waals surface area (Å²) in [5, 5.41) is 11.8. The molecule has 0 saturated heterocycles. The van der Waals surface area contributed by atoms with E-state index in [1.54, 1.807) is 18.5 Å². The predicted octanol–water partition coefficient (Wildman–Crippen LogP) is 1.72. The standard InChI is InChI=1S/C12H12N4O3S/c1-15-5-4-14-12(15)20-7-9-3-2-8(11(13)17)6-10(9)16(18)19/h2-6H,7H2,1H3,(H2,13,17). The van der Waals surface area contributed by atoms with Crippen molar-refractivity contribution in [1.29, 1.82) is 0 Å². The van der Waals surface area contributed by atoms with Gasteiger partial charge >= 0.3 is 0 Å². The van der Waals surface area contributed by atoms with E-state index in [0.29, 0.717) is 11.3 Å². The van der Waals surface area contributed by atoms with Crippen molar-refractivity contribution in [1.82, 2.24) is 9.55 Å². The Kier molecular flexibility index (Phi) is 4.04. The van der Waals surface area contributed by atoms with Gasteiger partial charge < -0.3 is 10.3 Å². The molecule has 0 aliphatic rings. The van der Waals surface area contributed by atoms with Crippen molar-refractivity contribution in [2.45, 2.75) is 10.9 Å². The molecule has 7 nitrogen and oxygen atoms in total. The number of aryl methyl sites for hydroxylation is 1. The average molecular weight is 292 g/mol. The van der Waals surface area contributed by atoms with Crippen LogP contribution in [0.2, 0.25) is 0 Å². The number of imidazole rings is 1. The zero-order chi connectivity index (χ0) is 14.7. The molecule has 0 fully saturated rings. The highest BCUT2D eigenvalue weighted by Crippen LogP contribution is 2.27. The van der Waals surface area contributed by atoms with E-state index in [4.69, 9.17) is 5.73 Å². The van der Waals surface area contributed by atoms with Gasteiger partial charge in [-0.25, -0.2) is 4.98 Å². The summed E-state index contributed by atoms with van der Waals surface area (Å²) >= 11 is 1.38. The highest BCUT2D eigenvalue weighted by atomic mass is 32.2. The molecule has 104 valence electrons. The zero-order valence-electron chi connectivity index (χ0n) is 10.6. The fourth-order valence-electron chi connectivity index (χ4n) is 1.64. The molecular weight excluding hydrogens is 280 g/mol. The van der Waals surface area contributed by atoms with Gasteiger partial charge in [0.05, 0.1) is 4.92 Å². The van der Waals surface area contributed by atoms with Crippen LogP contribution in [0.5, 0.6) is 0 Å². The molecule has 1 aromatic heterocycles. The number of nitro benzene ring substituents is 1. The van der Waals surface area contributed by atoms with Crippen LogP contribution >= 0.6 is 11.8 Å². The van der Waals surface area contributed by atoms with Gasteiger partial charge in [-0.05, 0) is 6.07 Å². The van der Waals surface area contributed by atoms with Crippen molar-refractivity contribution in [3.05, 3.63) is 51.8 Å². The zero-order valence-corrected chi connectivity index (χ0v) is 11.5. The van der Waals surface area contributed by atoms with E-state index in [0.717, 1.165) is 5.16 Å². The fraction of sp³-hybridized carbons (Fsp3) is 0.167. The van der Waals surface area contributed by atoms with Gasteiger partial charge in [-0.1, -0.05) is 17.8 Å². The quantitative estimate of drug-likeness (QED) is 0.513. The summed E-state index contributed by atoms with van der Waals surface area (Å²) in [6, 6.07) is 4.24. The number of nitrogens with two attached hydrogens (primary N) is 1. The average Bonchev–Trinajstić information content (AvgIpc) is 2.81. The number of aromatic nitrogens is 2. The monoisotopic (exact) mass is 292 g/mol. The second-order valence-corrected chi connectivity index (χ2v) is 5.02. The molecule has 0 atom stereocenters. The second kappa shape index (κ2) is 5.74. The lowest BCUT2D eigenvalue weighted by molar-refractivity contribution is -0.385. The number of amides is 1. The Balaban J connectivity index is 2.25. The van der Waals surface area contributed by atoms with Gasteiger partial charge in [0, 0.05) is 42.4 Å². The molecule has 20 heavy (non-hydrogen) atoms. The van der Waals surface area contributed by atoms with E-state index >= 15 is 0 Å². The van der Waals surface area contributed by atoms with Crippen LogP contribution in [0.25, 0.3) is 0 Å². The summed E-state index contributed by atoms with van der Waals surface area (Å²) in [5.74, 6) is -0.295. The smallest absolute Gasteiger partial charge is 0.274 e. The molecule has 2 N–H and O–H groups in total. The minimum absolute atomic E-state index is 0.108. The molecule has 2 rings (SSSR count). The minimum Gasteiger partial charge on any atom is -0.366 e. The van der Waals surface area contributed by atoms with Gasteiger partial charge in [0.25, 0.3) is 5.69 Å². The van der Waals surface area contributed by atoms with E-state index in [1.807, 2.05) is 11.6 Å². The Labute approximate surface area is 118 Å². The summed E-state index contributed by atoms with van der Waals surface area (Å²) in [4.78, 5) is 25.7. The second-order valence-electron chi connectivity index (χ2n) is 4.07. The number of primary amides is 1. The third kappa shape index (κ3) is 2.97. The molecule has 0 aliphatic heterocycles. The minimum atomic E-state index is -0.684. The Hall–Kier alpha value is -2.35. The van der Waals surface area contributed by atoms with E-state index in [1.165, 1.54) is 23.9 Å². The molecule has 0 unspecified atom stereocenters. The van der Waals surface area contributed by atoms with Crippen LogP contribution in [0.15, 0.2) is 35.7 Å². The Morgan fingerprint density at radius 2 is 2.30 bits per heavy atom. The molecule has 0 aliphatic carbocycles. The third-order valence-electron chi connectivity index (χ3n) is 2.70. The maximum Gasteiger partial charge on any atom is 0.274 e. The van der Waals surface area contributed by atoms with Gasteiger partial charge in [-0.15, -0.1) is 0 Å². The number of hydrogen-bond donors (Lipinski definition) is 1. The van der Waals surface area contributed by atoms with Crippen LogP contribution in [0.3, 0.4) is 0 Å². The van der Waals surface area contributed by atoms with Crippen molar-refractivity contribution in [2.24, 2.45) is 12.8 Å². The summed E-state index contributed by atoms with van der Waals surface area (Å²) in [6.07, 6.45) is 3.46. The van der Waals surface area contributed by atoms with Crippen LogP contribution in [-0.2, 0) is 12.8 Å². The summed E-state index contributed by atoms with van der Waals surface area (Å²) in [7, 11) is 1.85. The molecule has 1 aromatic carbocycles. The van der Waals surface area contributed by atoms with Crippen molar-refractivity contribution in [2.75, 3.05) is 0 Å². The van der Waals surface area contributed by atoms with Gasteiger partial charge in [0.1, 0.15) is 0 Å². The number of benzene rings is 1. The first-order valence-corrected chi connectivity index (χ1v) is 6.65. The van der Waals surface area contributed by atoms with Gasteiger partial charge in [0.2, 0.25) is 5.91 Å². The molecule has 1 heterocycles. The third-order valence-corrected chi connectivity index (χ3v) is 3.81. The number of nitro groups is 1. The van der Waals surface area contributed by atoms with Crippen LogP contribution < -0.4 is 5.73 Å². The lowest BCUT2D eigenvalue weighted by Crippen LogP contribution is -2.11. The van der Waals surface area contributed by atoms with Crippen LogP contribution in [-0.4, -0.2) is 20.4 Å². The van der Waals surface area contributed by atoms with E-state index < -0.39 is 10.8 Å². The number of carbonyl (C=O) groups is 1. The Morgan fingerprint density at radius 3 is 2.85 bits per heavy atom. The van der Waals surface area contributed by atoms with Crippen molar-refractivity contribution >= 4 is 23.4 Å². The SMILES string of the molecule is Cn1ccnc1SCc1ccc(C(N)=O)cc1[N+](=O)[O-]. The number of hydrogen-bond acceptors (Lipinski definition) is 5. The summed E-state index contributed by atoms with van der Waals surface area (Å²) in [6.45, 7) is 0. The Morgan fingerprint density at radius 1 is 1.55 bits per heavy atom. The Bertz CT molecular complexity index is 668. The van der Waals surface area contributed by atoms with Gasteiger partial charge in [-0.3, -0.25) is 14.9 Å². The van der Waals surface area contributed by atoms with Gasteiger partial charge in [-0.2, -0.15) is 0 Å². The highest BCUT2D eigenvalue weighted by Gasteiger charge is 2.17. The van der Waals surface area contributed by atoms with E-state index in [-0.39, 0.29) is 11.3 Å². The number of carbonyl (C=O) groups excluding carboxylic acids is 1. The predicted molar refractivity (Wildman–Crippen MR) is 74.4 cm³/mol. The molecule has 0 bridgehead atoms. The van der Waals surface area contributed by atoms with E-state index in [2.05, 4.69) is 4.98 Å². The lowest BCUT2D eigenvalue weighted by atomic mass is 10.1. The molecule has 1 amide bonds. The maximum absolute atomic E-state index is 11.1. The van der Waals surface area contributed by atoms with Crippen LogP contribution in [0.4, 0.5) is 5.69 Å². The molecule has 0 saturated carbocycles. The number of rotatable bonds is 5. The van der Waals surface area contributed by atoms with Crippen molar-refractivity contribution in [3.63, 3.8) is 0 Å². The van der Waals surface area contributed by atoms with Gasteiger partial charge in [0.15, 0.2) is 5.16 Å². The normalized spacial score (nSPS) is 10.4. The lowest BCUT2D eigenvalue weighted by Gasteiger charge is -2.04. The maximum atomic E-state index is 11.1. The number of nitrogens with zero attached hydrogens (tertiary/aromatic N) is 3. The molecular formula is C12H12N4O3S. The van der Waals surface area contributed by atoms with Crippen LogP contribution in [0, 0.1) is 10.1 Å². The largest absolute Gasteiger partial charge is 0.366 e. The summed E-state index contributed by atoms with van der Waals surface area (Å²) < 4.78 is 1.83. The first-order valence-electron chi connectivity index (χ1n) is 5.66. The van der Waals surface area contributed by atoms with Crippen LogP contribution in [0.1, 0.15) is 15.9 Å². The summed E-state index contributed by atoms with van der Waals surface area (Å²) in [5.41, 5.74) is 5.66. The van der Waals surface area contributed by atoms with Crippen molar-refractivity contribution in [3.8, 4) is 0 Å². The fourth-order valence-corrected chi connectivity index (χ4v) is 2.57. The molecule has 0 radical (unpaired) electrons. The highest BCUT2D eigenvalue weighted by molar-refractivity contribution is 7.98. The van der Waals surface area contributed by atoms with Crippen molar-refractivity contribution < 1.29 is 9.72 Å². The molecule has 8 heteroatoms. The van der Waals surface area contributed by atoms with E-state index in [9.17, 15) is 14.9 Å². The number of thioether (sulfide) groups is 1. The molecule has 2 aromatic rings. The molecule has 0 spiro atoms. The first kappa shape index (κ1) is 14.1. The first-order chi connectivity index (χ1) is 9.49. The topological polar surface area (TPSA) is 104 Å².